The molecule has 0 aliphatic rings. The highest BCUT2D eigenvalue weighted by Gasteiger charge is 2.16. The number of methoxy groups -OCH3 is 2. The van der Waals surface area contributed by atoms with Crippen LogP contribution in [0.3, 0.4) is 0 Å². The fourth-order valence-electron chi connectivity index (χ4n) is 3.16. The van der Waals surface area contributed by atoms with Gasteiger partial charge in [0.1, 0.15) is 22.0 Å². The Balaban J connectivity index is 1.56. The number of fused-ring (bicyclic) bond motifs is 1. The van der Waals surface area contributed by atoms with E-state index in [1.54, 1.807) is 48.9 Å². The fourth-order valence-corrected chi connectivity index (χ4v) is 4.74. The predicted molar refractivity (Wildman–Crippen MR) is 128 cm³/mol. The van der Waals surface area contributed by atoms with E-state index in [4.69, 9.17) is 9.47 Å². The number of benzene rings is 2. The summed E-state index contributed by atoms with van der Waals surface area (Å²) >= 11 is 2.47. The number of rotatable bonds is 8. The first kappa shape index (κ1) is 22.8. The lowest BCUT2D eigenvalue weighted by Gasteiger charge is -2.13. The van der Waals surface area contributed by atoms with Gasteiger partial charge in [-0.05, 0) is 41.3 Å². The summed E-state index contributed by atoms with van der Waals surface area (Å²) in [5.41, 5.74) is 1.65. The first-order chi connectivity index (χ1) is 16.0. The average molecular weight is 486 g/mol. The van der Waals surface area contributed by atoms with Gasteiger partial charge in [-0.25, -0.2) is 9.37 Å². The van der Waals surface area contributed by atoms with Gasteiger partial charge in [0.25, 0.3) is 5.56 Å². The molecule has 4 rings (SSSR count). The summed E-state index contributed by atoms with van der Waals surface area (Å²) < 4.78 is 25.8. The van der Waals surface area contributed by atoms with E-state index in [0.717, 1.165) is 17.3 Å². The predicted octanol–water partition coefficient (Wildman–Crippen LogP) is 4.39. The molecular formula is C23H20FN3O4S2. The summed E-state index contributed by atoms with van der Waals surface area (Å²) in [6.07, 6.45) is 0. The number of nitrogens with zero attached hydrogens (tertiary/aromatic N) is 2. The van der Waals surface area contributed by atoms with E-state index in [0.29, 0.717) is 32.6 Å². The zero-order valence-corrected chi connectivity index (χ0v) is 19.5. The Hall–Kier alpha value is -3.37. The minimum atomic E-state index is -0.349. The first-order valence-corrected chi connectivity index (χ1v) is 11.7. The summed E-state index contributed by atoms with van der Waals surface area (Å²) in [7, 11) is 3.06. The highest BCUT2D eigenvalue weighted by Crippen LogP contribution is 2.29. The monoisotopic (exact) mass is 485 g/mol. The number of nitrogens with one attached hydrogen (secondary N) is 1. The molecule has 0 bridgehead atoms. The molecule has 0 aliphatic carbocycles. The van der Waals surface area contributed by atoms with E-state index in [2.05, 4.69) is 10.3 Å². The Bertz CT molecular complexity index is 1350. The Morgan fingerprint density at radius 2 is 1.94 bits per heavy atom. The summed E-state index contributed by atoms with van der Waals surface area (Å²) in [5.74, 6) is 0.478. The number of hydrogen-bond donors (Lipinski definition) is 1. The lowest BCUT2D eigenvalue weighted by atomic mass is 10.2. The molecule has 1 N–H and O–H groups in total. The summed E-state index contributed by atoms with van der Waals surface area (Å²) in [5, 5.41) is 5.02. The van der Waals surface area contributed by atoms with E-state index >= 15 is 0 Å². The number of halogens is 1. The summed E-state index contributed by atoms with van der Waals surface area (Å²) in [6, 6.07) is 12.8. The zero-order chi connectivity index (χ0) is 23.4. The van der Waals surface area contributed by atoms with Crippen molar-refractivity contribution in [3.8, 4) is 11.5 Å². The second-order valence-corrected chi connectivity index (χ2v) is 8.81. The number of anilines is 1. The first-order valence-electron chi connectivity index (χ1n) is 9.85. The van der Waals surface area contributed by atoms with Crippen LogP contribution in [0.5, 0.6) is 11.5 Å². The van der Waals surface area contributed by atoms with Crippen LogP contribution in [-0.2, 0) is 11.3 Å². The van der Waals surface area contributed by atoms with Crippen molar-refractivity contribution in [3.63, 3.8) is 0 Å². The smallest absolute Gasteiger partial charge is 0.272 e. The van der Waals surface area contributed by atoms with Crippen LogP contribution in [0.15, 0.2) is 63.9 Å². The second kappa shape index (κ2) is 10.1. The van der Waals surface area contributed by atoms with Gasteiger partial charge in [0, 0.05) is 6.07 Å². The van der Waals surface area contributed by atoms with Gasteiger partial charge >= 0.3 is 0 Å². The van der Waals surface area contributed by atoms with Crippen LogP contribution >= 0.6 is 23.1 Å². The lowest BCUT2D eigenvalue weighted by Crippen LogP contribution is -2.24. The van der Waals surface area contributed by atoms with Crippen LogP contribution in [-0.4, -0.2) is 35.4 Å². The molecule has 7 nitrogen and oxygen atoms in total. The molecule has 2 heterocycles. The summed E-state index contributed by atoms with van der Waals surface area (Å²) in [6.45, 7) is 0.218. The molecule has 170 valence electrons. The van der Waals surface area contributed by atoms with E-state index in [-0.39, 0.29) is 29.6 Å². The minimum Gasteiger partial charge on any atom is -0.497 e. The van der Waals surface area contributed by atoms with Crippen molar-refractivity contribution >= 4 is 44.9 Å². The third kappa shape index (κ3) is 5.18. The zero-order valence-electron chi connectivity index (χ0n) is 17.8. The average Bonchev–Trinajstić information content (AvgIpc) is 3.30. The van der Waals surface area contributed by atoms with Gasteiger partial charge in [0.2, 0.25) is 5.91 Å². The van der Waals surface area contributed by atoms with Gasteiger partial charge in [-0.2, -0.15) is 0 Å². The van der Waals surface area contributed by atoms with E-state index < -0.39 is 0 Å². The number of aromatic nitrogens is 2. The van der Waals surface area contributed by atoms with Crippen molar-refractivity contribution in [3.05, 3.63) is 75.6 Å². The minimum absolute atomic E-state index is 0.0285. The van der Waals surface area contributed by atoms with Crippen LogP contribution in [0.1, 0.15) is 5.56 Å². The van der Waals surface area contributed by atoms with Crippen molar-refractivity contribution in [1.29, 1.82) is 0 Å². The Kier molecular flexibility index (Phi) is 6.95. The third-order valence-corrected chi connectivity index (χ3v) is 6.67. The van der Waals surface area contributed by atoms with Crippen LogP contribution in [0.25, 0.3) is 10.2 Å². The van der Waals surface area contributed by atoms with Crippen LogP contribution in [0.2, 0.25) is 0 Å². The highest BCUT2D eigenvalue weighted by atomic mass is 32.2. The van der Waals surface area contributed by atoms with Gasteiger partial charge in [-0.15, -0.1) is 11.3 Å². The van der Waals surface area contributed by atoms with Gasteiger partial charge in [0.15, 0.2) is 5.16 Å². The largest absolute Gasteiger partial charge is 0.497 e. The number of thioether (sulfide) groups is 1. The number of amides is 1. The molecule has 1 amide bonds. The maximum Gasteiger partial charge on any atom is 0.272 e. The molecule has 0 fully saturated rings. The summed E-state index contributed by atoms with van der Waals surface area (Å²) in [4.78, 5) is 30.3. The van der Waals surface area contributed by atoms with Crippen molar-refractivity contribution < 1.29 is 18.7 Å². The van der Waals surface area contributed by atoms with Crippen LogP contribution in [0, 0.1) is 5.82 Å². The normalized spacial score (nSPS) is 10.9. The molecule has 0 aliphatic heterocycles. The second-order valence-electron chi connectivity index (χ2n) is 6.95. The molecular weight excluding hydrogens is 465 g/mol. The maximum atomic E-state index is 13.3. The molecule has 0 saturated heterocycles. The quantitative estimate of drug-likeness (QED) is 0.294. The fraction of sp³-hybridized carbons (Fsp3) is 0.174. The number of ether oxygens (including phenoxy) is 2. The Morgan fingerprint density at radius 3 is 2.67 bits per heavy atom. The number of hydrogen-bond acceptors (Lipinski definition) is 7. The lowest BCUT2D eigenvalue weighted by molar-refractivity contribution is -0.113. The van der Waals surface area contributed by atoms with Crippen molar-refractivity contribution in [2.45, 2.75) is 11.7 Å². The standard InChI is InChI=1S/C23H20FN3O4S2/c1-30-16-7-8-17(19(11-16)31-2)25-20(28)13-33-23-26-18-9-10-32-21(18)22(29)27(23)12-14-3-5-15(24)6-4-14/h3-11H,12-13H2,1-2H3,(H,25,28). The Labute approximate surface area is 197 Å². The molecule has 10 heteroatoms. The van der Waals surface area contributed by atoms with Gasteiger partial charge in [-0.3, -0.25) is 14.2 Å². The molecule has 0 atom stereocenters. The van der Waals surface area contributed by atoms with Crippen LogP contribution in [0.4, 0.5) is 10.1 Å². The molecule has 2 aromatic carbocycles. The maximum absolute atomic E-state index is 13.3. The van der Waals surface area contributed by atoms with E-state index in [1.165, 1.54) is 35.1 Å². The molecule has 0 radical (unpaired) electrons. The topological polar surface area (TPSA) is 82.5 Å². The van der Waals surface area contributed by atoms with Crippen molar-refractivity contribution in [1.82, 2.24) is 9.55 Å². The number of carbonyl (C=O) groups is 1. The number of carbonyl (C=O) groups excluding carboxylic acids is 1. The Morgan fingerprint density at radius 1 is 1.15 bits per heavy atom. The molecule has 4 aromatic rings. The van der Waals surface area contributed by atoms with E-state index in [9.17, 15) is 14.0 Å². The third-order valence-electron chi connectivity index (χ3n) is 4.80. The number of thiophene rings is 1. The van der Waals surface area contributed by atoms with Crippen LogP contribution < -0.4 is 20.3 Å². The highest BCUT2D eigenvalue weighted by molar-refractivity contribution is 7.99. The van der Waals surface area contributed by atoms with Gasteiger partial charge in [0.05, 0.1) is 37.7 Å². The van der Waals surface area contributed by atoms with Crippen molar-refractivity contribution in [2.75, 3.05) is 25.3 Å². The SMILES string of the molecule is COc1ccc(NC(=O)CSc2nc3ccsc3c(=O)n2Cc2ccc(F)cc2)c(OC)c1. The molecule has 33 heavy (non-hydrogen) atoms. The van der Waals surface area contributed by atoms with E-state index in [1.807, 2.05) is 0 Å². The van der Waals surface area contributed by atoms with Gasteiger partial charge in [-0.1, -0.05) is 23.9 Å². The van der Waals surface area contributed by atoms with Gasteiger partial charge < -0.3 is 14.8 Å². The molecule has 0 saturated carbocycles. The molecule has 0 unspecified atom stereocenters. The van der Waals surface area contributed by atoms with Crippen molar-refractivity contribution in [2.24, 2.45) is 0 Å². The molecule has 0 spiro atoms. The molecule has 2 aromatic heterocycles.